The minimum Gasteiger partial charge on any atom is -0.458 e. The van der Waals surface area contributed by atoms with E-state index in [-0.39, 0.29) is 6.61 Å². The van der Waals surface area contributed by atoms with Gasteiger partial charge in [-0.1, -0.05) is 30.3 Å². The van der Waals surface area contributed by atoms with E-state index in [1.165, 1.54) is 0 Å². The van der Waals surface area contributed by atoms with E-state index < -0.39 is 23.7 Å². The fourth-order valence-corrected chi connectivity index (χ4v) is 2.01. The Labute approximate surface area is 143 Å². The molecule has 0 radical (unpaired) electrons. The molecule has 0 aliphatic rings. The van der Waals surface area contributed by atoms with Crippen LogP contribution in [0.5, 0.6) is 0 Å². The highest BCUT2D eigenvalue weighted by atomic mass is 32.1. The zero-order valence-electron chi connectivity index (χ0n) is 13.9. The molecule has 128 valence electrons. The molecule has 0 fully saturated rings. The second kappa shape index (κ2) is 9.45. The lowest BCUT2D eigenvalue weighted by Crippen LogP contribution is -2.44. The second-order valence-electron chi connectivity index (χ2n) is 6.16. The van der Waals surface area contributed by atoms with Crippen LogP contribution in [-0.2, 0) is 20.9 Å². The van der Waals surface area contributed by atoms with Crippen molar-refractivity contribution in [3.05, 3.63) is 35.9 Å². The summed E-state index contributed by atoms with van der Waals surface area (Å²) in [6, 6.07) is 8.61. The van der Waals surface area contributed by atoms with Gasteiger partial charge < -0.3 is 14.8 Å². The van der Waals surface area contributed by atoms with Gasteiger partial charge in [-0.2, -0.15) is 12.6 Å². The number of ether oxygens (including phenoxy) is 2. The average molecular weight is 339 g/mol. The predicted octanol–water partition coefficient (Wildman–Crippen LogP) is 3.33. The first-order chi connectivity index (χ1) is 10.8. The predicted molar refractivity (Wildman–Crippen MR) is 92.5 cm³/mol. The molecule has 1 aromatic carbocycles. The Morgan fingerprint density at radius 2 is 1.87 bits per heavy atom. The van der Waals surface area contributed by atoms with E-state index >= 15 is 0 Å². The molecule has 0 aromatic heterocycles. The van der Waals surface area contributed by atoms with Crippen LogP contribution in [0.4, 0.5) is 4.79 Å². The molecule has 1 atom stereocenters. The quantitative estimate of drug-likeness (QED) is 0.591. The van der Waals surface area contributed by atoms with Crippen molar-refractivity contribution in [2.45, 2.75) is 51.9 Å². The van der Waals surface area contributed by atoms with Gasteiger partial charge in [0.05, 0.1) is 0 Å². The van der Waals surface area contributed by atoms with Gasteiger partial charge in [0.2, 0.25) is 0 Å². The summed E-state index contributed by atoms with van der Waals surface area (Å²) in [5.41, 5.74) is 0.276. The SMILES string of the molecule is CC(C)(C)OC(=O)C(CCCS)NC(=O)OCc1ccccc1. The second-order valence-corrected chi connectivity index (χ2v) is 6.61. The Hall–Kier alpha value is -1.69. The highest BCUT2D eigenvalue weighted by molar-refractivity contribution is 7.80. The molecule has 0 aliphatic heterocycles. The van der Waals surface area contributed by atoms with Crippen LogP contribution in [0.15, 0.2) is 30.3 Å². The van der Waals surface area contributed by atoms with Crippen molar-refractivity contribution in [3.63, 3.8) is 0 Å². The van der Waals surface area contributed by atoms with Gasteiger partial charge in [-0.15, -0.1) is 0 Å². The number of hydrogen-bond donors (Lipinski definition) is 2. The van der Waals surface area contributed by atoms with E-state index in [0.29, 0.717) is 18.6 Å². The number of alkyl carbamates (subject to hydrolysis) is 1. The van der Waals surface area contributed by atoms with Gasteiger partial charge in [-0.25, -0.2) is 9.59 Å². The number of hydrogen-bond acceptors (Lipinski definition) is 5. The van der Waals surface area contributed by atoms with Gasteiger partial charge in [-0.05, 0) is 44.9 Å². The summed E-state index contributed by atoms with van der Waals surface area (Å²) < 4.78 is 10.5. The number of thiol groups is 1. The number of carbonyl (C=O) groups excluding carboxylic acids is 2. The lowest BCUT2D eigenvalue weighted by Gasteiger charge is -2.24. The van der Waals surface area contributed by atoms with Crippen LogP contribution in [-0.4, -0.2) is 29.5 Å². The summed E-state index contributed by atoms with van der Waals surface area (Å²) in [5, 5.41) is 2.57. The maximum atomic E-state index is 12.2. The van der Waals surface area contributed by atoms with E-state index in [0.717, 1.165) is 5.56 Å². The molecule has 0 heterocycles. The third kappa shape index (κ3) is 8.50. The Balaban J connectivity index is 2.54. The van der Waals surface area contributed by atoms with Crippen molar-refractivity contribution in [2.24, 2.45) is 0 Å². The minimum atomic E-state index is -0.732. The van der Waals surface area contributed by atoms with Crippen LogP contribution in [0.25, 0.3) is 0 Å². The summed E-state index contributed by atoms with van der Waals surface area (Å²) in [6.07, 6.45) is 0.508. The molecular formula is C17H25NO4S. The summed E-state index contributed by atoms with van der Waals surface area (Å²) in [5.74, 6) is 0.163. The van der Waals surface area contributed by atoms with Crippen LogP contribution in [0.1, 0.15) is 39.2 Å². The van der Waals surface area contributed by atoms with Gasteiger partial charge in [0.15, 0.2) is 0 Å². The molecular weight excluding hydrogens is 314 g/mol. The molecule has 23 heavy (non-hydrogen) atoms. The van der Waals surface area contributed by atoms with Crippen LogP contribution in [0, 0.1) is 0 Å². The molecule has 1 rings (SSSR count). The fraction of sp³-hybridized carbons (Fsp3) is 0.529. The zero-order chi connectivity index (χ0) is 17.3. The molecule has 1 N–H and O–H groups in total. The fourth-order valence-electron chi connectivity index (χ4n) is 1.82. The zero-order valence-corrected chi connectivity index (χ0v) is 14.8. The van der Waals surface area contributed by atoms with E-state index in [4.69, 9.17) is 9.47 Å². The average Bonchev–Trinajstić information content (AvgIpc) is 2.48. The third-order valence-electron chi connectivity index (χ3n) is 2.85. The molecule has 0 aliphatic carbocycles. The number of rotatable bonds is 7. The van der Waals surface area contributed by atoms with Gasteiger partial charge in [0.25, 0.3) is 0 Å². The van der Waals surface area contributed by atoms with Crippen molar-refractivity contribution >= 4 is 24.7 Å². The highest BCUT2D eigenvalue weighted by Crippen LogP contribution is 2.11. The lowest BCUT2D eigenvalue weighted by molar-refractivity contribution is -0.157. The molecule has 1 unspecified atom stereocenters. The molecule has 1 amide bonds. The van der Waals surface area contributed by atoms with E-state index in [2.05, 4.69) is 17.9 Å². The molecule has 0 spiro atoms. The van der Waals surface area contributed by atoms with Crippen LogP contribution in [0.2, 0.25) is 0 Å². The molecule has 0 saturated heterocycles. The largest absolute Gasteiger partial charge is 0.458 e. The van der Waals surface area contributed by atoms with Gasteiger partial charge >= 0.3 is 12.1 Å². The summed E-state index contributed by atoms with van der Waals surface area (Å²) in [6.45, 7) is 5.51. The topological polar surface area (TPSA) is 64.6 Å². The third-order valence-corrected chi connectivity index (χ3v) is 3.16. The number of nitrogens with one attached hydrogen (secondary N) is 1. The Kier molecular flexibility index (Phi) is 7.95. The number of esters is 1. The van der Waals surface area contributed by atoms with Gasteiger partial charge in [-0.3, -0.25) is 0 Å². The van der Waals surface area contributed by atoms with E-state index in [9.17, 15) is 9.59 Å². The standard InChI is InChI=1S/C17H25NO4S/c1-17(2,3)22-15(19)14(10-7-11-23)18-16(20)21-12-13-8-5-4-6-9-13/h4-6,8-9,14,23H,7,10-12H2,1-3H3,(H,18,20). The maximum Gasteiger partial charge on any atom is 0.408 e. The first-order valence-corrected chi connectivity index (χ1v) is 8.26. The van der Waals surface area contributed by atoms with E-state index in [1.807, 2.05) is 30.3 Å². The Morgan fingerprint density at radius 1 is 1.22 bits per heavy atom. The molecule has 0 saturated carbocycles. The van der Waals surface area contributed by atoms with Crippen molar-refractivity contribution in [3.8, 4) is 0 Å². The van der Waals surface area contributed by atoms with Crippen molar-refractivity contribution in [1.29, 1.82) is 0 Å². The Morgan fingerprint density at radius 3 is 2.43 bits per heavy atom. The smallest absolute Gasteiger partial charge is 0.408 e. The number of amides is 1. The highest BCUT2D eigenvalue weighted by Gasteiger charge is 2.26. The minimum absolute atomic E-state index is 0.153. The number of benzene rings is 1. The molecule has 5 nitrogen and oxygen atoms in total. The summed E-state index contributed by atoms with van der Waals surface area (Å²) in [4.78, 5) is 24.1. The first kappa shape index (κ1) is 19.4. The molecule has 6 heteroatoms. The normalized spacial score (nSPS) is 12.3. The van der Waals surface area contributed by atoms with Crippen molar-refractivity contribution in [1.82, 2.24) is 5.32 Å². The van der Waals surface area contributed by atoms with Crippen molar-refractivity contribution in [2.75, 3.05) is 5.75 Å². The first-order valence-electron chi connectivity index (χ1n) is 7.63. The Bertz CT molecular complexity index is 499. The maximum absolute atomic E-state index is 12.2. The monoisotopic (exact) mass is 339 g/mol. The van der Waals surface area contributed by atoms with Crippen LogP contribution >= 0.6 is 12.6 Å². The van der Waals surface area contributed by atoms with Crippen molar-refractivity contribution < 1.29 is 19.1 Å². The van der Waals surface area contributed by atoms with Gasteiger partial charge in [0.1, 0.15) is 18.2 Å². The van der Waals surface area contributed by atoms with E-state index in [1.54, 1.807) is 20.8 Å². The summed E-state index contributed by atoms with van der Waals surface area (Å²) >= 11 is 4.13. The lowest BCUT2D eigenvalue weighted by atomic mass is 10.1. The summed E-state index contributed by atoms with van der Waals surface area (Å²) in [7, 11) is 0. The molecule has 0 bridgehead atoms. The van der Waals surface area contributed by atoms with Crippen LogP contribution in [0.3, 0.4) is 0 Å². The number of carbonyl (C=O) groups is 2. The van der Waals surface area contributed by atoms with Crippen LogP contribution < -0.4 is 5.32 Å². The molecule has 1 aromatic rings. The van der Waals surface area contributed by atoms with Gasteiger partial charge in [0, 0.05) is 0 Å².